The Morgan fingerprint density at radius 3 is 2.71 bits per heavy atom. The molecule has 2 aromatic carbocycles. The summed E-state index contributed by atoms with van der Waals surface area (Å²) in [6.07, 6.45) is 2.25. The topological polar surface area (TPSA) is 114 Å². The quantitative estimate of drug-likeness (QED) is 0.456. The van der Waals surface area contributed by atoms with Crippen molar-refractivity contribution in [2.45, 2.75) is 18.2 Å². The monoisotopic (exact) mass is 439 g/mol. The normalized spacial score (nSPS) is 11.8. The number of nitrogens with one attached hydrogen (secondary N) is 1. The number of benzene rings is 2. The molecule has 4 aromatic rings. The second-order valence-electron chi connectivity index (χ2n) is 7.21. The van der Waals surface area contributed by atoms with E-state index in [1.54, 1.807) is 17.8 Å². The number of aromatic carboxylic acids is 1. The summed E-state index contributed by atoms with van der Waals surface area (Å²) in [5.74, 6) is -1.38. The molecule has 31 heavy (non-hydrogen) atoms. The van der Waals surface area contributed by atoms with Gasteiger partial charge in [-0.25, -0.2) is 17.9 Å². The van der Waals surface area contributed by atoms with Crippen molar-refractivity contribution in [2.24, 2.45) is 7.05 Å². The molecule has 4 rings (SSSR count). The van der Waals surface area contributed by atoms with Gasteiger partial charge in [0, 0.05) is 36.3 Å². The molecule has 2 aromatic heterocycles. The number of sulfonamides is 1. The van der Waals surface area contributed by atoms with Crippen molar-refractivity contribution in [3.05, 3.63) is 71.6 Å². The van der Waals surface area contributed by atoms with E-state index < -0.39 is 16.0 Å². The number of carbonyl (C=O) groups is 1. The minimum Gasteiger partial charge on any atom is -0.475 e. The fraction of sp³-hybridized carbons (Fsp3) is 0.182. The van der Waals surface area contributed by atoms with Crippen LogP contribution in [0.3, 0.4) is 0 Å². The Kier molecular flexibility index (Phi) is 5.38. The summed E-state index contributed by atoms with van der Waals surface area (Å²) in [6.45, 7) is 1.81. The first-order valence-corrected chi connectivity index (χ1v) is 11.1. The number of furan rings is 1. The number of aryl methyl sites for hydroxylation is 2. The molecule has 0 aliphatic carbocycles. The lowest BCUT2D eigenvalue weighted by Crippen LogP contribution is -2.26. The molecule has 8 nitrogen and oxygen atoms in total. The van der Waals surface area contributed by atoms with Crippen LogP contribution >= 0.6 is 0 Å². The van der Waals surface area contributed by atoms with Crippen LogP contribution in [0.15, 0.2) is 64.0 Å². The summed E-state index contributed by atoms with van der Waals surface area (Å²) in [4.78, 5) is 11.3. The zero-order valence-corrected chi connectivity index (χ0v) is 17.8. The lowest BCUT2D eigenvalue weighted by molar-refractivity contribution is 0.0664. The van der Waals surface area contributed by atoms with Gasteiger partial charge in [0.2, 0.25) is 15.8 Å². The third-order valence-corrected chi connectivity index (χ3v) is 6.62. The van der Waals surface area contributed by atoms with Crippen LogP contribution in [0.1, 0.15) is 21.7 Å². The van der Waals surface area contributed by atoms with Crippen molar-refractivity contribution in [1.29, 1.82) is 0 Å². The molecule has 2 heterocycles. The summed E-state index contributed by atoms with van der Waals surface area (Å²) < 4.78 is 35.2. The second kappa shape index (κ2) is 8.01. The van der Waals surface area contributed by atoms with E-state index in [9.17, 15) is 18.3 Å². The molecule has 0 saturated carbocycles. The Balaban J connectivity index is 1.49. The van der Waals surface area contributed by atoms with Gasteiger partial charge in [0.25, 0.3) is 0 Å². The molecule has 0 aliphatic rings. The van der Waals surface area contributed by atoms with E-state index in [2.05, 4.69) is 9.82 Å². The highest BCUT2D eigenvalue weighted by Gasteiger charge is 2.20. The van der Waals surface area contributed by atoms with Crippen molar-refractivity contribution in [2.75, 3.05) is 6.54 Å². The smallest absolute Gasteiger partial charge is 0.372 e. The van der Waals surface area contributed by atoms with Gasteiger partial charge in [0.1, 0.15) is 5.58 Å². The Morgan fingerprint density at radius 2 is 2.00 bits per heavy atom. The van der Waals surface area contributed by atoms with E-state index in [0.29, 0.717) is 23.0 Å². The predicted molar refractivity (Wildman–Crippen MR) is 115 cm³/mol. The summed E-state index contributed by atoms with van der Waals surface area (Å²) in [5, 5.41) is 13.8. The number of fused-ring (bicyclic) bond motifs is 1. The molecule has 0 unspecified atom stereocenters. The molecule has 160 valence electrons. The predicted octanol–water partition coefficient (Wildman–Crippen LogP) is 3.36. The van der Waals surface area contributed by atoms with Gasteiger partial charge < -0.3 is 9.52 Å². The summed E-state index contributed by atoms with van der Waals surface area (Å²) >= 11 is 0. The third-order valence-electron chi connectivity index (χ3n) is 5.16. The number of hydrogen-bond donors (Lipinski definition) is 2. The van der Waals surface area contributed by atoms with Crippen molar-refractivity contribution < 1.29 is 22.7 Å². The Labute approximate surface area is 179 Å². The SMILES string of the molecule is Cc1c(C(=O)O)oc2ccc(S(=O)(=O)NCCc3cccc(-c4ccnn4C)c3)cc12. The van der Waals surface area contributed by atoms with E-state index in [-0.39, 0.29) is 17.2 Å². The van der Waals surface area contributed by atoms with Crippen molar-refractivity contribution >= 4 is 27.0 Å². The lowest BCUT2D eigenvalue weighted by Gasteiger charge is -2.09. The Morgan fingerprint density at radius 1 is 1.19 bits per heavy atom. The highest BCUT2D eigenvalue weighted by molar-refractivity contribution is 7.89. The van der Waals surface area contributed by atoms with Gasteiger partial charge in [0.05, 0.1) is 10.6 Å². The van der Waals surface area contributed by atoms with E-state index in [4.69, 9.17) is 4.42 Å². The van der Waals surface area contributed by atoms with Crippen molar-refractivity contribution in [3.63, 3.8) is 0 Å². The van der Waals surface area contributed by atoms with Crippen LogP contribution in [-0.4, -0.2) is 35.8 Å². The van der Waals surface area contributed by atoms with Crippen LogP contribution < -0.4 is 4.72 Å². The number of hydrogen-bond acceptors (Lipinski definition) is 5. The maximum atomic E-state index is 12.7. The highest BCUT2D eigenvalue weighted by Crippen LogP contribution is 2.27. The molecular weight excluding hydrogens is 418 g/mol. The van der Waals surface area contributed by atoms with Crippen LogP contribution in [0.5, 0.6) is 0 Å². The maximum Gasteiger partial charge on any atom is 0.372 e. The molecule has 0 bridgehead atoms. The number of carboxylic acid groups (broad SMARTS) is 1. The van der Waals surface area contributed by atoms with Gasteiger partial charge in [-0.2, -0.15) is 5.10 Å². The van der Waals surface area contributed by atoms with E-state index in [1.165, 1.54) is 18.2 Å². The molecular formula is C22H21N3O5S. The highest BCUT2D eigenvalue weighted by atomic mass is 32.2. The Hall–Kier alpha value is -3.43. The molecule has 0 amide bonds. The van der Waals surface area contributed by atoms with E-state index in [1.807, 2.05) is 37.4 Å². The molecule has 0 saturated heterocycles. The molecule has 0 radical (unpaired) electrons. The zero-order valence-electron chi connectivity index (χ0n) is 17.0. The zero-order chi connectivity index (χ0) is 22.2. The minimum absolute atomic E-state index is 0.0597. The van der Waals surface area contributed by atoms with Gasteiger partial charge in [-0.15, -0.1) is 0 Å². The summed E-state index contributed by atoms with van der Waals surface area (Å²) in [7, 11) is -1.89. The first-order valence-electron chi connectivity index (χ1n) is 9.60. The standard InChI is InChI=1S/C22H21N3O5S/c1-14-18-13-17(6-7-20(18)30-21(14)22(26)27)31(28,29)24-11-8-15-4-3-5-16(12-15)19-9-10-23-25(19)2/h3-7,9-10,12-13,24H,8,11H2,1-2H3,(H,26,27). The lowest BCUT2D eigenvalue weighted by atomic mass is 10.1. The number of aromatic nitrogens is 2. The summed E-state index contributed by atoms with van der Waals surface area (Å²) in [5.41, 5.74) is 3.71. The van der Waals surface area contributed by atoms with Crippen LogP contribution in [0.25, 0.3) is 22.2 Å². The van der Waals surface area contributed by atoms with Crippen molar-refractivity contribution in [3.8, 4) is 11.3 Å². The fourth-order valence-corrected chi connectivity index (χ4v) is 4.59. The number of carboxylic acids is 1. The van der Waals surface area contributed by atoms with Gasteiger partial charge in [-0.05, 0) is 49.2 Å². The molecule has 2 N–H and O–H groups in total. The molecule has 0 atom stereocenters. The molecule has 0 fully saturated rings. The van der Waals surface area contributed by atoms with E-state index >= 15 is 0 Å². The van der Waals surface area contributed by atoms with Gasteiger partial charge in [-0.3, -0.25) is 4.68 Å². The number of rotatable bonds is 7. The maximum absolute atomic E-state index is 12.7. The molecule has 9 heteroatoms. The van der Waals surface area contributed by atoms with Gasteiger partial charge in [0.15, 0.2) is 0 Å². The first kappa shape index (κ1) is 20.8. The van der Waals surface area contributed by atoms with Crippen LogP contribution in [0.4, 0.5) is 0 Å². The minimum atomic E-state index is -3.76. The third kappa shape index (κ3) is 4.10. The van der Waals surface area contributed by atoms with Crippen molar-refractivity contribution in [1.82, 2.24) is 14.5 Å². The van der Waals surface area contributed by atoms with Gasteiger partial charge in [-0.1, -0.05) is 18.2 Å². The summed E-state index contributed by atoms with van der Waals surface area (Å²) in [6, 6.07) is 14.1. The number of nitrogens with zero attached hydrogens (tertiary/aromatic N) is 2. The Bertz CT molecular complexity index is 1390. The fourth-order valence-electron chi connectivity index (χ4n) is 3.53. The average Bonchev–Trinajstić information content (AvgIpc) is 3.31. The molecule has 0 aliphatic heterocycles. The van der Waals surface area contributed by atoms with Gasteiger partial charge >= 0.3 is 5.97 Å². The molecule has 0 spiro atoms. The van der Waals surface area contributed by atoms with E-state index in [0.717, 1.165) is 16.8 Å². The largest absolute Gasteiger partial charge is 0.475 e. The average molecular weight is 439 g/mol. The van der Waals surface area contributed by atoms with Crippen LogP contribution in [-0.2, 0) is 23.5 Å². The van der Waals surface area contributed by atoms with Crippen LogP contribution in [0.2, 0.25) is 0 Å². The van der Waals surface area contributed by atoms with Crippen LogP contribution in [0, 0.1) is 6.92 Å². The second-order valence-corrected chi connectivity index (χ2v) is 8.97. The first-order chi connectivity index (χ1) is 14.8.